The van der Waals surface area contributed by atoms with Crippen molar-refractivity contribution in [2.45, 2.75) is 38.0 Å². The van der Waals surface area contributed by atoms with Crippen LogP contribution in [0.3, 0.4) is 0 Å². The van der Waals surface area contributed by atoms with Crippen LogP contribution in [0.5, 0.6) is 11.5 Å². The maximum atomic E-state index is 12.6. The second-order valence-corrected chi connectivity index (χ2v) is 9.15. The summed E-state index contributed by atoms with van der Waals surface area (Å²) < 4.78 is 11.0. The Morgan fingerprint density at radius 1 is 0.528 bits per heavy atom. The van der Waals surface area contributed by atoms with Gasteiger partial charge in [-0.25, -0.2) is 9.59 Å². The van der Waals surface area contributed by atoms with Crippen molar-refractivity contribution < 1.29 is 19.1 Å². The first-order valence-electron chi connectivity index (χ1n) is 12.5. The largest absolute Gasteiger partial charge is 0.423 e. The monoisotopic (exact) mass is 476 g/mol. The first-order valence-corrected chi connectivity index (χ1v) is 12.5. The minimum absolute atomic E-state index is 0.374. The first kappa shape index (κ1) is 23.6. The second kappa shape index (κ2) is 11.0. The molecule has 4 aromatic carbocycles. The zero-order valence-electron chi connectivity index (χ0n) is 20.1. The molecule has 0 radical (unpaired) electrons. The lowest BCUT2D eigenvalue weighted by atomic mass is 9.84. The molecule has 0 N–H and O–H groups in total. The van der Waals surface area contributed by atoms with Gasteiger partial charge in [0.2, 0.25) is 0 Å². The third-order valence-electron chi connectivity index (χ3n) is 6.70. The summed E-state index contributed by atoms with van der Waals surface area (Å²) in [5.74, 6) is 0.544. The molecule has 0 unspecified atom stereocenters. The quantitative estimate of drug-likeness (QED) is 0.210. The highest BCUT2D eigenvalue weighted by Crippen LogP contribution is 2.32. The van der Waals surface area contributed by atoms with E-state index >= 15 is 0 Å². The van der Waals surface area contributed by atoms with Crippen LogP contribution in [0.4, 0.5) is 0 Å². The number of carbonyl (C=O) groups excluding carboxylic acids is 2. The van der Waals surface area contributed by atoms with Crippen LogP contribution < -0.4 is 9.47 Å². The van der Waals surface area contributed by atoms with E-state index in [9.17, 15) is 9.59 Å². The molecule has 4 nitrogen and oxygen atoms in total. The maximum Gasteiger partial charge on any atom is 0.343 e. The predicted molar refractivity (Wildman–Crippen MR) is 141 cm³/mol. The van der Waals surface area contributed by atoms with Crippen molar-refractivity contribution >= 4 is 11.9 Å². The number of hydrogen-bond donors (Lipinski definition) is 0. The third-order valence-corrected chi connectivity index (χ3v) is 6.70. The van der Waals surface area contributed by atoms with E-state index in [2.05, 4.69) is 0 Å². The summed E-state index contributed by atoms with van der Waals surface area (Å²) in [5, 5.41) is 0. The Hall–Kier alpha value is -4.18. The standard InChI is InChI=1S/C32H28O4/c33-31(27-13-11-25(12-14-27)23-7-3-1-4-8-23)36-30-21-17-28(18-22-30)32(34)35-29-19-15-26(16-20-29)24-9-5-2-6-10-24/h2,5-6,9-23H,1,3-4,7-8H2. The number of esters is 2. The van der Waals surface area contributed by atoms with Gasteiger partial charge in [0.25, 0.3) is 0 Å². The Balaban J connectivity index is 1.17. The predicted octanol–water partition coefficient (Wildman–Crippen LogP) is 7.84. The Morgan fingerprint density at radius 3 is 1.56 bits per heavy atom. The van der Waals surface area contributed by atoms with Crippen molar-refractivity contribution in [3.8, 4) is 22.6 Å². The van der Waals surface area contributed by atoms with E-state index in [1.54, 1.807) is 36.4 Å². The average molecular weight is 477 g/mol. The van der Waals surface area contributed by atoms with Gasteiger partial charge in [-0.3, -0.25) is 0 Å². The lowest BCUT2D eigenvalue weighted by Gasteiger charge is -2.21. The van der Waals surface area contributed by atoms with Gasteiger partial charge in [-0.15, -0.1) is 0 Å². The first-order chi connectivity index (χ1) is 17.7. The molecule has 1 aliphatic rings. The molecule has 36 heavy (non-hydrogen) atoms. The molecule has 180 valence electrons. The van der Waals surface area contributed by atoms with Gasteiger partial charge in [0.05, 0.1) is 11.1 Å². The average Bonchev–Trinajstić information content (AvgIpc) is 2.95. The molecule has 4 heteroatoms. The van der Waals surface area contributed by atoms with Gasteiger partial charge in [0.15, 0.2) is 0 Å². The molecule has 5 rings (SSSR count). The number of carbonyl (C=O) groups is 2. The van der Waals surface area contributed by atoms with Crippen LogP contribution in [0.2, 0.25) is 0 Å². The fraction of sp³-hybridized carbons (Fsp3) is 0.188. The highest BCUT2D eigenvalue weighted by atomic mass is 16.5. The van der Waals surface area contributed by atoms with Gasteiger partial charge in [-0.1, -0.05) is 73.9 Å². The summed E-state index contributed by atoms with van der Waals surface area (Å²) in [6.45, 7) is 0. The van der Waals surface area contributed by atoms with E-state index < -0.39 is 11.9 Å². The topological polar surface area (TPSA) is 52.6 Å². The Morgan fingerprint density at radius 2 is 1.00 bits per heavy atom. The summed E-state index contributed by atoms with van der Waals surface area (Å²) in [5.41, 5.74) is 4.32. The molecule has 0 bridgehead atoms. The highest BCUT2D eigenvalue weighted by molar-refractivity contribution is 5.92. The van der Waals surface area contributed by atoms with E-state index in [0.717, 1.165) is 11.1 Å². The van der Waals surface area contributed by atoms with Crippen LogP contribution in [0.15, 0.2) is 103 Å². The Kier molecular flexibility index (Phi) is 7.23. The molecule has 0 spiro atoms. The van der Waals surface area contributed by atoms with Gasteiger partial charge < -0.3 is 9.47 Å². The van der Waals surface area contributed by atoms with Crippen LogP contribution in [0.25, 0.3) is 11.1 Å². The van der Waals surface area contributed by atoms with E-state index in [1.807, 2.05) is 66.7 Å². The van der Waals surface area contributed by atoms with E-state index in [-0.39, 0.29) is 0 Å². The summed E-state index contributed by atoms with van der Waals surface area (Å²) in [4.78, 5) is 25.1. The number of ether oxygens (including phenoxy) is 2. The molecule has 0 aliphatic heterocycles. The van der Waals surface area contributed by atoms with Crippen LogP contribution in [-0.4, -0.2) is 11.9 Å². The summed E-state index contributed by atoms with van der Waals surface area (Å²) >= 11 is 0. The summed E-state index contributed by atoms with van der Waals surface area (Å²) in [6, 6.07) is 31.5. The third kappa shape index (κ3) is 5.72. The van der Waals surface area contributed by atoms with Crippen LogP contribution >= 0.6 is 0 Å². The van der Waals surface area contributed by atoms with E-state index in [0.29, 0.717) is 28.5 Å². The molecule has 4 aromatic rings. The van der Waals surface area contributed by atoms with Crippen molar-refractivity contribution in [3.63, 3.8) is 0 Å². The molecular weight excluding hydrogens is 448 g/mol. The Labute approximate surface area is 211 Å². The zero-order valence-corrected chi connectivity index (χ0v) is 20.1. The van der Waals surface area contributed by atoms with E-state index in [1.165, 1.54) is 37.7 Å². The van der Waals surface area contributed by atoms with Crippen LogP contribution in [0.1, 0.15) is 64.3 Å². The maximum absolute atomic E-state index is 12.6. The number of hydrogen-bond acceptors (Lipinski definition) is 4. The lowest BCUT2D eigenvalue weighted by Crippen LogP contribution is -2.11. The number of benzene rings is 4. The molecule has 0 amide bonds. The fourth-order valence-electron chi connectivity index (χ4n) is 4.66. The Bertz CT molecular complexity index is 1300. The van der Waals surface area contributed by atoms with E-state index in [4.69, 9.17) is 9.47 Å². The van der Waals surface area contributed by atoms with Crippen LogP contribution in [0, 0.1) is 0 Å². The number of rotatable bonds is 6. The zero-order chi connectivity index (χ0) is 24.7. The van der Waals surface area contributed by atoms with Gasteiger partial charge in [0, 0.05) is 0 Å². The van der Waals surface area contributed by atoms with Crippen molar-refractivity contribution in [3.05, 3.63) is 120 Å². The fourth-order valence-corrected chi connectivity index (χ4v) is 4.66. The molecule has 0 saturated heterocycles. The van der Waals surface area contributed by atoms with Crippen molar-refractivity contribution in [1.29, 1.82) is 0 Å². The summed E-state index contributed by atoms with van der Waals surface area (Å²) in [6.07, 6.45) is 6.31. The normalized spacial score (nSPS) is 13.7. The minimum atomic E-state index is -0.473. The molecule has 1 fully saturated rings. The molecule has 0 atom stereocenters. The molecule has 0 aromatic heterocycles. The second-order valence-electron chi connectivity index (χ2n) is 9.15. The molecule has 0 heterocycles. The SMILES string of the molecule is O=C(Oc1ccc(-c2ccccc2)cc1)c1ccc(OC(=O)c2ccc(C3CCCCC3)cc2)cc1. The van der Waals surface area contributed by atoms with Crippen LogP contribution in [-0.2, 0) is 0 Å². The van der Waals surface area contributed by atoms with Crippen molar-refractivity contribution in [2.24, 2.45) is 0 Å². The minimum Gasteiger partial charge on any atom is -0.423 e. The van der Waals surface area contributed by atoms with Gasteiger partial charge in [-0.2, -0.15) is 0 Å². The molecule has 1 aliphatic carbocycles. The lowest BCUT2D eigenvalue weighted by molar-refractivity contribution is 0.0730. The van der Waals surface area contributed by atoms with Gasteiger partial charge >= 0.3 is 11.9 Å². The smallest absolute Gasteiger partial charge is 0.343 e. The summed E-state index contributed by atoms with van der Waals surface area (Å²) in [7, 11) is 0. The van der Waals surface area contributed by atoms with Gasteiger partial charge in [-0.05, 0) is 84.0 Å². The van der Waals surface area contributed by atoms with Crippen molar-refractivity contribution in [2.75, 3.05) is 0 Å². The molecular formula is C32H28O4. The molecule has 1 saturated carbocycles. The van der Waals surface area contributed by atoms with Gasteiger partial charge in [0.1, 0.15) is 11.5 Å². The highest BCUT2D eigenvalue weighted by Gasteiger charge is 2.17. The van der Waals surface area contributed by atoms with Crippen molar-refractivity contribution in [1.82, 2.24) is 0 Å².